The lowest BCUT2D eigenvalue weighted by molar-refractivity contribution is 0.176. The fourth-order valence-electron chi connectivity index (χ4n) is 2.59. The zero-order valence-electron chi connectivity index (χ0n) is 13.8. The summed E-state index contributed by atoms with van der Waals surface area (Å²) in [7, 11) is 0. The zero-order chi connectivity index (χ0) is 17.1. The van der Waals surface area contributed by atoms with Gasteiger partial charge in [0.15, 0.2) is 0 Å². The molecule has 0 saturated carbocycles. The number of benzene rings is 1. The number of urea groups is 1. The molecule has 2 aromatic rings. The van der Waals surface area contributed by atoms with Gasteiger partial charge >= 0.3 is 6.03 Å². The molecule has 2 N–H and O–H groups in total. The molecule has 126 valence electrons. The van der Waals surface area contributed by atoms with Crippen LogP contribution < -0.4 is 10.1 Å². The van der Waals surface area contributed by atoms with Crippen LogP contribution in [0.1, 0.15) is 17.5 Å². The van der Waals surface area contributed by atoms with Crippen molar-refractivity contribution >= 4 is 11.7 Å². The molecule has 0 aliphatic carbocycles. The van der Waals surface area contributed by atoms with Crippen molar-refractivity contribution in [3.63, 3.8) is 0 Å². The molecule has 0 bridgehead atoms. The molecule has 0 spiro atoms. The van der Waals surface area contributed by atoms with E-state index in [0.717, 1.165) is 16.9 Å². The van der Waals surface area contributed by atoms with Crippen molar-refractivity contribution < 1.29 is 14.6 Å². The second-order valence-corrected chi connectivity index (χ2v) is 6.00. The number of ether oxygens (including phenoxy) is 1. The van der Waals surface area contributed by atoms with Crippen LogP contribution in [-0.2, 0) is 0 Å². The van der Waals surface area contributed by atoms with Crippen LogP contribution in [-0.4, -0.2) is 40.2 Å². The van der Waals surface area contributed by atoms with E-state index in [0.29, 0.717) is 31.1 Å². The Labute approximate surface area is 141 Å². The van der Waals surface area contributed by atoms with Crippen LogP contribution in [0.5, 0.6) is 11.6 Å². The third-order valence-electron chi connectivity index (χ3n) is 4.21. The maximum Gasteiger partial charge on any atom is 0.321 e. The van der Waals surface area contributed by atoms with E-state index >= 15 is 0 Å². The molecule has 24 heavy (non-hydrogen) atoms. The number of hydrogen-bond donors (Lipinski definition) is 2. The number of pyridine rings is 1. The first-order chi connectivity index (χ1) is 11.5. The van der Waals surface area contributed by atoms with Crippen molar-refractivity contribution in [1.29, 1.82) is 0 Å². The molecule has 1 fully saturated rings. The van der Waals surface area contributed by atoms with Gasteiger partial charge in [-0.25, -0.2) is 9.78 Å². The molecule has 1 aromatic carbocycles. The summed E-state index contributed by atoms with van der Waals surface area (Å²) in [4.78, 5) is 17.9. The Morgan fingerprint density at radius 1 is 1.33 bits per heavy atom. The van der Waals surface area contributed by atoms with Crippen molar-refractivity contribution in [2.75, 3.05) is 18.4 Å². The number of aliphatic hydroxyl groups is 1. The lowest BCUT2D eigenvalue weighted by Crippen LogP contribution is -2.33. The molecular weight excluding hydrogens is 306 g/mol. The van der Waals surface area contributed by atoms with Crippen molar-refractivity contribution in [2.45, 2.75) is 26.4 Å². The number of likely N-dealkylation sites (tertiary alicyclic amines) is 1. The molecule has 1 aliphatic heterocycles. The molecule has 2 heterocycles. The summed E-state index contributed by atoms with van der Waals surface area (Å²) >= 11 is 0. The van der Waals surface area contributed by atoms with E-state index in [2.05, 4.69) is 10.3 Å². The van der Waals surface area contributed by atoms with Gasteiger partial charge in [0.2, 0.25) is 5.88 Å². The van der Waals surface area contributed by atoms with Crippen LogP contribution in [0.15, 0.2) is 36.5 Å². The molecular formula is C18H21N3O3. The van der Waals surface area contributed by atoms with E-state index < -0.39 is 6.10 Å². The summed E-state index contributed by atoms with van der Waals surface area (Å²) in [5.74, 6) is 1.24. The first-order valence-corrected chi connectivity index (χ1v) is 7.97. The third kappa shape index (κ3) is 3.65. The van der Waals surface area contributed by atoms with Gasteiger partial charge in [-0.3, -0.25) is 0 Å². The fraction of sp³-hybridized carbons (Fsp3) is 0.333. The van der Waals surface area contributed by atoms with Gasteiger partial charge in [0, 0.05) is 19.2 Å². The summed E-state index contributed by atoms with van der Waals surface area (Å²) in [6, 6.07) is 9.11. The van der Waals surface area contributed by atoms with Gasteiger partial charge in [-0.1, -0.05) is 12.1 Å². The number of carbonyl (C=O) groups excluding carboxylic acids is 1. The van der Waals surface area contributed by atoms with Crippen molar-refractivity contribution in [3.05, 3.63) is 47.7 Å². The Morgan fingerprint density at radius 3 is 2.83 bits per heavy atom. The van der Waals surface area contributed by atoms with Crippen LogP contribution in [0.25, 0.3) is 0 Å². The Kier molecular flexibility index (Phi) is 4.66. The van der Waals surface area contributed by atoms with Gasteiger partial charge in [-0.05, 0) is 43.5 Å². The molecule has 1 saturated heterocycles. The number of amides is 2. The van der Waals surface area contributed by atoms with Crippen LogP contribution in [0, 0.1) is 13.8 Å². The Balaban J connectivity index is 1.63. The molecule has 1 unspecified atom stereocenters. The number of β-amino-alcohol motifs (C(OH)–C–C–N with tert-alkyl or cyclic N) is 1. The first-order valence-electron chi connectivity index (χ1n) is 7.97. The molecule has 2 amide bonds. The Hall–Kier alpha value is -2.60. The summed E-state index contributed by atoms with van der Waals surface area (Å²) in [6.45, 7) is 4.97. The SMILES string of the molecule is Cc1cccc(Oc2ccc(NC(=O)N3CCC(O)C3)cn2)c1C. The second-order valence-electron chi connectivity index (χ2n) is 6.00. The second kappa shape index (κ2) is 6.88. The first kappa shape index (κ1) is 16.3. The summed E-state index contributed by atoms with van der Waals surface area (Å²) in [5, 5.41) is 12.3. The summed E-state index contributed by atoms with van der Waals surface area (Å²) in [5.41, 5.74) is 2.82. The molecule has 6 heteroatoms. The number of aromatic nitrogens is 1. The van der Waals surface area contributed by atoms with Crippen molar-refractivity contribution in [2.24, 2.45) is 0 Å². The highest BCUT2D eigenvalue weighted by molar-refractivity contribution is 5.89. The minimum atomic E-state index is -0.429. The molecule has 3 rings (SSSR count). The van der Waals surface area contributed by atoms with Gasteiger partial charge in [0.25, 0.3) is 0 Å². The van der Waals surface area contributed by atoms with Crippen LogP contribution in [0.2, 0.25) is 0 Å². The Morgan fingerprint density at radius 2 is 2.17 bits per heavy atom. The van der Waals surface area contributed by atoms with Gasteiger partial charge < -0.3 is 20.1 Å². The maximum absolute atomic E-state index is 12.1. The molecule has 1 atom stereocenters. The van der Waals surface area contributed by atoms with Crippen LogP contribution in [0.3, 0.4) is 0 Å². The fourth-order valence-corrected chi connectivity index (χ4v) is 2.59. The number of carbonyl (C=O) groups is 1. The molecule has 1 aromatic heterocycles. The van der Waals surface area contributed by atoms with Crippen molar-refractivity contribution in [1.82, 2.24) is 9.88 Å². The summed E-state index contributed by atoms with van der Waals surface area (Å²) in [6.07, 6.45) is 1.75. The van der Waals surface area contributed by atoms with Gasteiger partial charge in [0.1, 0.15) is 5.75 Å². The molecule has 1 aliphatic rings. The number of rotatable bonds is 3. The van der Waals surface area contributed by atoms with Gasteiger partial charge in [0.05, 0.1) is 18.0 Å². The predicted octanol–water partition coefficient (Wildman–Crippen LogP) is 3.09. The third-order valence-corrected chi connectivity index (χ3v) is 4.21. The van der Waals surface area contributed by atoms with Crippen LogP contribution in [0.4, 0.5) is 10.5 Å². The van der Waals surface area contributed by atoms with E-state index in [4.69, 9.17) is 4.74 Å². The maximum atomic E-state index is 12.1. The topological polar surface area (TPSA) is 74.7 Å². The highest BCUT2D eigenvalue weighted by Crippen LogP contribution is 2.26. The minimum Gasteiger partial charge on any atom is -0.439 e. The van der Waals surface area contributed by atoms with Gasteiger partial charge in [-0.2, -0.15) is 0 Å². The number of hydrogen-bond acceptors (Lipinski definition) is 4. The van der Waals surface area contributed by atoms with E-state index in [9.17, 15) is 9.90 Å². The van der Waals surface area contributed by atoms with E-state index in [1.165, 1.54) is 0 Å². The van der Waals surface area contributed by atoms with Crippen molar-refractivity contribution in [3.8, 4) is 11.6 Å². The number of nitrogens with one attached hydrogen (secondary N) is 1. The smallest absolute Gasteiger partial charge is 0.321 e. The normalized spacial score (nSPS) is 17.0. The predicted molar refractivity (Wildman–Crippen MR) is 91.4 cm³/mol. The van der Waals surface area contributed by atoms with Crippen LogP contribution >= 0.6 is 0 Å². The molecule has 0 radical (unpaired) electrons. The number of aliphatic hydroxyl groups excluding tert-OH is 1. The summed E-state index contributed by atoms with van der Waals surface area (Å²) < 4.78 is 5.80. The number of aryl methyl sites for hydroxylation is 1. The van der Waals surface area contributed by atoms with E-state index in [-0.39, 0.29) is 6.03 Å². The van der Waals surface area contributed by atoms with E-state index in [1.807, 2.05) is 32.0 Å². The largest absolute Gasteiger partial charge is 0.439 e. The quantitative estimate of drug-likeness (QED) is 0.908. The number of anilines is 1. The van der Waals surface area contributed by atoms with Gasteiger partial charge in [-0.15, -0.1) is 0 Å². The minimum absolute atomic E-state index is 0.225. The average Bonchev–Trinajstić information content (AvgIpc) is 3.00. The highest BCUT2D eigenvalue weighted by Gasteiger charge is 2.24. The highest BCUT2D eigenvalue weighted by atomic mass is 16.5. The monoisotopic (exact) mass is 327 g/mol. The zero-order valence-corrected chi connectivity index (χ0v) is 13.8. The standard InChI is InChI=1S/C18H21N3O3/c1-12-4-3-5-16(13(12)2)24-17-7-6-14(10-19-17)20-18(23)21-9-8-15(22)11-21/h3-7,10,15,22H,8-9,11H2,1-2H3,(H,20,23). The average molecular weight is 327 g/mol. The lowest BCUT2D eigenvalue weighted by atomic mass is 10.1. The molecule has 6 nitrogen and oxygen atoms in total. The van der Waals surface area contributed by atoms with E-state index in [1.54, 1.807) is 23.2 Å². The Bertz CT molecular complexity index is 731. The number of nitrogens with zero attached hydrogens (tertiary/aromatic N) is 2. The lowest BCUT2D eigenvalue weighted by Gasteiger charge is -2.16.